The van der Waals surface area contributed by atoms with Gasteiger partial charge in [-0.15, -0.1) is 0 Å². The average Bonchev–Trinajstić information content (AvgIpc) is 2.18. The van der Waals surface area contributed by atoms with E-state index in [1.54, 1.807) is 11.9 Å². The van der Waals surface area contributed by atoms with Crippen molar-refractivity contribution in [2.24, 2.45) is 0 Å². The molecule has 2 N–H and O–H groups in total. The van der Waals surface area contributed by atoms with Gasteiger partial charge in [0.1, 0.15) is 0 Å². The third-order valence-electron chi connectivity index (χ3n) is 2.02. The van der Waals surface area contributed by atoms with Gasteiger partial charge in [0, 0.05) is 13.1 Å². The van der Waals surface area contributed by atoms with Crippen molar-refractivity contribution in [1.82, 2.24) is 10.2 Å². The molecule has 0 spiro atoms. The second-order valence-corrected chi connectivity index (χ2v) is 3.05. The van der Waals surface area contributed by atoms with E-state index < -0.39 is 0 Å². The van der Waals surface area contributed by atoms with Gasteiger partial charge in [-0.3, -0.25) is 4.79 Å². The first-order chi connectivity index (χ1) is 6.27. The predicted molar refractivity (Wildman–Crippen MR) is 47.3 cm³/mol. The Bertz CT molecular complexity index is 175. The van der Waals surface area contributed by atoms with Crippen LogP contribution in [0.4, 0.5) is 0 Å². The fraction of sp³-hybridized carbons (Fsp3) is 0.875. The van der Waals surface area contributed by atoms with E-state index in [1.807, 2.05) is 0 Å². The fourth-order valence-corrected chi connectivity index (χ4v) is 1.32. The van der Waals surface area contributed by atoms with Crippen molar-refractivity contribution < 1.29 is 14.6 Å². The molecule has 0 aromatic carbocycles. The molecule has 5 heteroatoms. The standard InChI is InChI=1S/C8H16N2O3/c1-9-4-8(12)10-2-3-13-7(5-10)6-11/h7,9,11H,2-6H2,1H3. The normalized spacial score (nSPS) is 23.2. The van der Waals surface area contributed by atoms with Crippen LogP contribution in [-0.4, -0.2) is 61.9 Å². The summed E-state index contributed by atoms with van der Waals surface area (Å²) in [6, 6.07) is 0. The Morgan fingerprint density at radius 2 is 2.54 bits per heavy atom. The number of nitrogens with zero attached hydrogens (tertiary/aromatic N) is 1. The van der Waals surface area contributed by atoms with Crippen molar-refractivity contribution in [3.05, 3.63) is 0 Å². The second kappa shape index (κ2) is 5.16. The Kier molecular flexibility index (Phi) is 4.14. The number of carbonyl (C=O) groups excluding carboxylic acids is 1. The Morgan fingerprint density at radius 1 is 1.77 bits per heavy atom. The van der Waals surface area contributed by atoms with Crippen LogP contribution in [0.2, 0.25) is 0 Å². The molecule has 0 aromatic rings. The summed E-state index contributed by atoms with van der Waals surface area (Å²) in [5.74, 6) is 0.0595. The third kappa shape index (κ3) is 2.95. The topological polar surface area (TPSA) is 61.8 Å². The van der Waals surface area contributed by atoms with Gasteiger partial charge in [0.05, 0.1) is 25.9 Å². The van der Waals surface area contributed by atoms with Gasteiger partial charge in [0.25, 0.3) is 0 Å². The number of hydrogen-bond acceptors (Lipinski definition) is 4. The number of likely N-dealkylation sites (N-methyl/N-ethyl adjacent to an activating group) is 1. The number of nitrogens with one attached hydrogen (secondary N) is 1. The molecule has 1 aliphatic heterocycles. The lowest BCUT2D eigenvalue weighted by atomic mass is 10.3. The van der Waals surface area contributed by atoms with E-state index in [0.717, 1.165) is 0 Å². The van der Waals surface area contributed by atoms with E-state index >= 15 is 0 Å². The molecule has 76 valence electrons. The summed E-state index contributed by atoms with van der Waals surface area (Å²) < 4.78 is 5.22. The maximum absolute atomic E-state index is 11.4. The average molecular weight is 188 g/mol. The second-order valence-electron chi connectivity index (χ2n) is 3.05. The Morgan fingerprint density at radius 3 is 3.15 bits per heavy atom. The molecule has 0 saturated carbocycles. The number of amides is 1. The zero-order valence-electron chi connectivity index (χ0n) is 7.82. The minimum absolute atomic E-state index is 0.0245. The van der Waals surface area contributed by atoms with Crippen molar-refractivity contribution >= 4 is 5.91 Å². The van der Waals surface area contributed by atoms with Crippen molar-refractivity contribution in [1.29, 1.82) is 0 Å². The van der Waals surface area contributed by atoms with Gasteiger partial charge in [0.15, 0.2) is 0 Å². The van der Waals surface area contributed by atoms with E-state index in [0.29, 0.717) is 26.2 Å². The number of rotatable bonds is 3. The van der Waals surface area contributed by atoms with Gasteiger partial charge in [-0.25, -0.2) is 0 Å². The Hall–Kier alpha value is -0.650. The van der Waals surface area contributed by atoms with Crippen LogP contribution in [0.5, 0.6) is 0 Å². The van der Waals surface area contributed by atoms with Gasteiger partial charge >= 0.3 is 0 Å². The summed E-state index contributed by atoms with van der Waals surface area (Å²) in [7, 11) is 1.74. The first-order valence-corrected chi connectivity index (χ1v) is 4.42. The molecule has 1 saturated heterocycles. The van der Waals surface area contributed by atoms with Gasteiger partial charge in [-0.05, 0) is 7.05 Å². The summed E-state index contributed by atoms with van der Waals surface area (Å²) in [6.07, 6.45) is -0.213. The van der Waals surface area contributed by atoms with Crippen LogP contribution in [-0.2, 0) is 9.53 Å². The van der Waals surface area contributed by atoms with Gasteiger partial charge in [-0.2, -0.15) is 0 Å². The lowest BCUT2D eigenvalue weighted by Crippen LogP contribution is -2.49. The number of aliphatic hydroxyl groups is 1. The number of carbonyl (C=O) groups is 1. The van der Waals surface area contributed by atoms with Crippen molar-refractivity contribution in [3.63, 3.8) is 0 Å². The maximum Gasteiger partial charge on any atom is 0.236 e. The summed E-state index contributed by atoms with van der Waals surface area (Å²) >= 11 is 0. The molecule has 0 aliphatic carbocycles. The van der Waals surface area contributed by atoms with Crippen LogP contribution in [0.1, 0.15) is 0 Å². The summed E-state index contributed by atoms with van der Waals surface area (Å²) in [5, 5.41) is 11.6. The monoisotopic (exact) mass is 188 g/mol. The summed E-state index contributed by atoms with van der Waals surface area (Å²) in [5.41, 5.74) is 0. The van der Waals surface area contributed by atoms with Crippen molar-refractivity contribution in [3.8, 4) is 0 Å². The Labute approximate surface area is 77.7 Å². The number of ether oxygens (including phenoxy) is 1. The van der Waals surface area contributed by atoms with Crippen LogP contribution >= 0.6 is 0 Å². The molecule has 1 aliphatic rings. The summed E-state index contributed by atoms with van der Waals surface area (Å²) in [6.45, 7) is 1.95. The van der Waals surface area contributed by atoms with E-state index in [4.69, 9.17) is 9.84 Å². The van der Waals surface area contributed by atoms with E-state index in [-0.39, 0.29) is 18.6 Å². The molecule has 0 radical (unpaired) electrons. The highest BCUT2D eigenvalue weighted by Gasteiger charge is 2.22. The van der Waals surface area contributed by atoms with Crippen LogP contribution < -0.4 is 5.32 Å². The van der Waals surface area contributed by atoms with Crippen LogP contribution in [0.15, 0.2) is 0 Å². The molecule has 1 fully saturated rings. The van der Waals surface area contributed by atoms with Gasteiger partial charge in [0.2, 0.25) is 5.91 Å². The molecule has 1 rings (SSSR count). The lowest BCUT2D eigenvalue weighted by molar-refractivity contribution is -0.139. The molecule has 0 bridgehead atoms. The first-order valence-electron chi connectivity index (χ1n) is 4.42. The van der Waals surface area contributed by atoms with Crippen molar-refractivity contribution in [2.75, 3.05) is 39.9 Å². The zero-order valence-corrected chi connectivity index (χ0v) is 7.82. The maximum atomic E-state index is 11.4. The Balaban J connectivity index is 2.37. The van der Waals surface area contributed by atoms with E-state index in [9.17, 15) is 4.79 Å². The van der Waals surface area contributed by atoms with Crippen molar-refractivity contribution in [2.45, 2.75) is 6.10 Å². The molecule has 1 atom stereocenters. The highest BCUT2D eigenvalue weighted by Crippen LogP contribution is 2.04. The quantitative estimate of drug-likeness (QED) is 0.561. The smallest absolute Gasteiger partial charge is 0.236 e. The van der Waals surface area contributed by atoms with Crippen LogP contribution in [0.25, 0.3) is 0 Å². The minimum Gasteiger partial charge on any atom is -0.394 e. The zero-order chi connectivity index (χ0) is 9.68. The molecule has 13 heavy (non-hydrogen) atoms. The molecule has 1 heterocycles. The third-order valence-corrected chi connectivity index (χ3v) is 2.02. The molecular weight excluding hydrogens is 172 g/mol. The fourth-order valence-electron chi connectivity index (χ4n) is 1.32. The van der Waals surface area contributed by atoms with Gasteiger partial charge in [-0.1, -0.05) is 0 Å². The van der Waals surface area contributed by atoms with Gasteiger partial charge < -0.3 is 20.1 Å². The minimum atomic E-state index is -0.213. The largest absolute Gasteiger partial charge is 0.394 e. The predicted octanol–water partition coefficient (Wildman–Crippen LogP) is -1.57. The molecule has 5 nitrogen and oxygen atoms in total. The first kappa shape index (κ1) is 10.4. The highest BCUT2D eigenvalue weighted by atomic mass is 16.5. The molecule has 0 aromatic heterocycles. The molecule has 1 unspecified atom stereocenters. The molecule has 1 amide bonds. The number of morpholine rings is 1. The van der Waals surface area contributed by atoms with Crippen LogP contribution in [0.3, 0.4) is 0 Å². The van der Waals surface area contributed by atoms with E-state index in [1.165, 1.54) is 0 Å². The number of aliphatic hydroxyl groups excluding tert-OH is 1. The summed E-state index contributed by atoms with van der Waals surface area (Å²) in [4.78, 5) is 13.1. The number of hydrogen-bond donors (Lipinski definition) is 2. The highest BCUT2D eigenvalue weighted by molar-refractivity contribution is 5.78. The molecular formula is C8H16N2O3. The lowest BCUT2D eigenvalue weighted by Gasteiger charge is -2.32. The SMILES string of the molecule is CNCC(=O)N1CCOC(CO)C1. The van der Waals surface area contributed by atoms with Crippen LogP contribution in [0, 0.1) is 0 Å². The van der Waals surface area contributed by atoms with E-state index in [2.05, 4.69) is 5.32 Å².